The molecule has 26 heavy (non-hydrogen) atoms. The van der Waals surface area contributed by atoms with Crippen molar-refractivity contribution in [2.24, 2.45) is 11.8 Å². The molecule has 3 amide bonds. The smallest absolute Gasteiger partial charge is 0.233 e. The molecule has 136 valence electrons. The van der Waals surface area contributed by atoms with Crippen LogP contribution in [-0.2, 0) is 27.2 Å². The van der Waals surface area contributed by atoms with Gasteiger partial charge < -0.3 is 5.32 Å². The monoisotopic (exact) mass is 352 g/mol. The summed E-state index contributed by atoms with van der Waals surface area (Å²) < 4.78 is 0. The van der Waals surface area contributed by atoms with Gasteiger partial charge in [0.25, 0.3) is 0 Å². The van der Waals surface area contributed by atoms with E-state index in [0.29, 0.717) is 12.8 Å². The van der Waals surface area contributed by atoms with E-state index in [2.05, 4.69) is 11.4 Å². The maximum atomic E-state index is 12.5. The molecule has 2 aliphatic carbocycles. The van der Waals surface area contributed by atoms with E-state index >= 15 is 0 Å². The predicted octanol–water partition coefficient (Wildman–Crippen LogP) is 2.85. The molecule has 1 N–H and O–H groups in total. The summed E-state index contributed by atoms with van der Waals surface area (Å²) in [7, 11) is 0. The number of imide groups is 1. The van der Waals surface area contributed by atoms with Crippen molar-refractivity contribution >= 4 is 23.4 Å². The highest BCUT2D eigenvalue weighted by atomic mass is 16.2. The fourth-order valence-corrected chi connectivity index (χ4v) is 4.41. The van der Waals surface area contributed by atoms with Gasteiger partial charge in [0.05, 0.1) is 11.8 Å². The van der Waals surface area contributed by atoms with Crippen LogP contribution in [0.25, 0.3) is 0 Å². The van der Waals surface area contributed by atoms with Crippen LogP contribution in [0, 0.1) is 11.8 Å². The van der Waals surface area contributed by atoms with Crippen LogP contribution in [0.2, 0.25) is 0 Å². The van der Waals surface area contributed by atoms with Crippen molar-refractivity contribution in [3.05, 3.63) is 41.5 Å². The lowest BCUT2D eigenvalue weighted by Gasteiger charge is -2.20. The molecule has 0 aromatic heterocycles. The van der Waals surface area contributed by atoms with Gasteiger partial charge >= 0.3 is 0 Å². The molecule has 4 rings (SSSR count). The number of benzene rings is 1. The van der Waals surface area contributed by atoms with Gasteiger partial charge in [0, 0.05) is 18.7 Å². The first-order valence-corrected chi connectivity index (χ1v) is 9.56. The quantitative estimate of drug-likeness (QED) is 0.669. The number of rotatable bonds is 4. The Hall–Kier alpha value is -2.43. The minimum atomic E-state index is -0.225. The molecular formula is C21H24N2O3. The van der Waals surface area contributed by atoms with E-state index in [-0.39, 0.29) is 42.5 Å². The number of carbonyl (C=O) groups excluding carboxylic acids is 3. The van der Waals surface area contributed by atoms with Crippen molar-refractivity contribution in [1.82, 2.24) is 4.90 Å². The molecule has 0 saturated carbocycles. The third-order valence-corrected chi connectivity index (χ3v) is 5.83. The summed E-state index contributed by atoms with van der Waals surface area (Å²) in [4.78, 5) is 38.6. The molecule has 5 nitrogen and oxygen atoms in total. The predicted molar refractivity (Wildman–Crippen MR) is 98.4 cm³/mol. The lowest BCUT2D eigenvalue weighted by atomic mass is 9.85. The van der Waals surface area contributed by atoms with Crippen LogP contribution in [0.1, 0.15) is 43.2 Å². The maximum absolute atomic E-state index is 12.5. The Morgan fingerprint density at radius 3 is 2.46 bits per heavy atom. The molecule has 2 atom stereocenters. The molecule has 3 aliphatic rings. The molecule has 1 aromatic rings. The minimum absolute atomic E-state index is 0.116. The number of carbonyl (C=O) groups is 3. The Bertz CT molecular complexity index is 757. The largest absolute Gasteiger partial charge is 0.326 e. The summed E-state index contributed by atoms with van der Waals surface area (Å²) >= 11 is 0. The first-order chi connectivity index (χ1) is 12.6. The summed E-state index contributed by atoms with van der Waals surface area (Å²) in [5, 5.41) is 2.99. The molecule has 1 aliphatic heterocycles. The number of nitrogens with one attached hydrogen (secondary N) is 1. The van der Waals surface area contributed by atoms with Crippen LogP contribution in [0.5, 0.6) is 0 Å². The van der Waals surface area contributed by atoms with Gasteiger partial charge in [-0.2, -0.15) is 0 Å². The third kappa shape index (κ3) is 3.06. The zero-order valence-electron chi connectivity index (χ0n) is 14.9. The number of aryl methyl sites for hydroxylation is 1. The summed E-state index contributed by atoms with van der Waals surface area (Å²) in [6, 6.07) is 6.04. The third-order valence-electron chi connectivity index (χ3n) is 5.83. The number of anilines is 1. The van der Waals surface area contributed by atoms with E-state index in [0.717, 1.165) is 24.9 Å². The lowest BCUT2D eigenvalue weighted by molar-refractivity contribution is -0.140. The lowest BCUT2D eigenvalue weighted by Crippen LogP contribution is -2.34. The molecule has 0 radical (unpaired) electrons. The number of likely N-dealkylation sites (tertiary alicyclic amines) is 1. The van der Waals surface area contributed by atoms with Crippen LogP contribution in [0.15, 0.2) is 30.4 Å². The minimum Gasteiger partial charge on any atom is -0.326 e. The van der Waals surface area contributed by atoms with Gasteiger partial charge in [-0.15, -0.1) is 0 Å². The van der Waals surface area contributed by atoms with Crippen LogP contribution in [0.4, 0.5) is 5.69 Å². The molecule has 0 unspecified atom stereocenters. The number of hydrogen-bond acceptors (Lipinski definition) is 3. The molecule has 1 heterocycles. The number of allylic oxidation sites excluding steroid dienone is 2. The highest BCUT2D eigenvalue weighted by molar-refractivity contribution is 6.05. The van der Waals surface area contributed by atoms with Gasteiger partial charge in [0.1, 0.15) is 0 Å². The van der Waals surface area contributed by atoms with Gasteiger partial charge in [-0.3, -0.25) is 19.3 Å². The number of hydrogen-bond donors (Lipinski definition) is 1. The van der Waals surface area contributed by atoms with Gasteiger partial charge in [-0.25, -0.2) is 0 Å². The van der Waals surface area contributed by atoms with Crippen molar-refractivity contribution in [1.29, 1.82) is 0 Å². The summed E-state index contributed by atoms with van der Waals surface area (Å²) in [5.41, 5.74) is 3.43. The Balaban J connectivity index is 1.38. The van der Waals surface area contributed by atoms with Gasteiger partial charge in [0.2, 0.25) is 17.7 Å². The van der Waals surface area contributed by atoms with E-state index in [9.17, 15) is 14.4 Å². The topological polar surface area (TPSA) is 66.5 Å². The standard InChI is InChI=1S/C21H24N2O3/c24-19(22-18-11-5-7-14-6-1-2-8-15(14)18)12-13-23-20(25)16-9-3-4-10-17(16)21(23)26/h3-5,7,11,16-17H,1-2,6,8-10,12-13H2,(H,22,24)/t16-,17+. The first-order valence-electron chi connectivity index (χ1n) is 9.56. The number of amides is 3. The summed E-state index contributed by atoms with van der Waals surface area (Å²) in [6.45, 7) is 0.172. The second kappa shape index (κ2) is 7.06. The van der Waals surface area contributed by atoms with E-state index < -0.39 is 0 Å². The molecule has 1 fully saturated rings. The van der Waals surface area contributed by atoms with Gasteiger partial charge in [0.15, 0.2) is 0 Å². The molecule has 1 aromatic carbocycles. The van der Waals surface area contributed by atoms with Crippen LogP contribution in [0.3, 0.4) is 0 Å². The van der Waals surface area contributed by atoms with E-state index in [4.69, 9.17) is 0 Å². The molecular weight excluding hydrogens is 328 g/mol. The zero-order chi connectivity index (χ0) is 18.1. The van der Waals surface area contributed by atoms with Crippen LogP contribution in [-0.4, -0.2) is 29.2 Å². The van der Waals surface area contributed by atoms with Crippen LogP contribution >= 0.6 is 0 Å². The van der Waals surface area contributed by atoms with Crippen molar-refractivity contribution < 1.29 is 14.4 Å². The zero-order valence-corrected chi connectivity index (χ0v) is 14.9. The molecule has 0 bridgehead atoms. The maximum Gasteiger partial charge on any atom is 0.233 e. The van der Waals surface area contributed by atoms with Crippen LogP contribution < -0.4 is 5.32 Å². The Morgan fingerprint density at radius 2 is 1.73 bits per heavy atom. The Labute approximate surface area is 153 Å². The average Bonchev–Trinajstić information content (AvgIpc) is 2.91. The Morgan fingerprint density at radius 1 is 1.04 bits per heavy atom. The first kappa shape index (κ1) is 17.0. The fourth-order valence-electron chi connectivity index (χ4n) is 4.41. The fraction of sp³-hybridized carbons (Fsp3) is 0.476. The second-order valence-corrected chi connectivity index (χ2v) is 7.43. The van der Waals surface area contributed by atoms with Crippen molar-refractivity contribution in [3.8, 4) is 0 Å². The summed E-state index contributed by atoms with van der Waals surface area (Å²) in [5.74, 6) is -0.825. The van der Waals surface area contributed by atoms with Crippen molar-refractivity contribution in [3.63, 3.8) is 0 Å². The van der Waals surface area contributed by atoms with Gasteiger partial charge in [-0.05, 0) is 55.7 Å². The number of nitrogens with zero attached hydrogens (tertiary/aromatic N) is 1. The molecule has 0 spiro atoms. The normalized spacial score (nSPS) is 24.4. The second-order valence-electron chi connectivity index (χ2n) is 7.43. The van der Waals surface area contributed by atoms with Gasteiger partial charge in [-0.1, -0.05) is 24.3 Å². The highest BCUT2D eigenvalue weighted by Gasteiger charge is 2.46. The van der Waals surface area contributed by atoms with E-state index in [1.54, 1.807) is 0 Å². The Kier molecular flexibility index (Phi) is 4.62. The highest BCUT2D eigenvalue weighted by Crippen LogP contribution is 2.35. The van der Waals surface area contributed by atoms with E-state index in [1.807, 2.05) is 24.3 Å². The summed E-state index contributed by atoms with van der Waals surface area (Å²) in [6.07, 6.45) is 9.75. The van der Waals surface area contributed by atoms with Crippen molar-refractivity contribution in [2.45, 2.75) is 44.9 Å². The van der Waals surface area contributed by atoms with Crippen molar-refractivity contribution in [2.75, 3.05) is 11.9 Å². The average molecular weight is 352 g/mol. The van der Waals surface area contributed by atoms with E-state index in [1.165, 1.54) is 22.4 Å². The number of fused-ring (bicyclic) bond motifs is 2. The molecule has 5 heteroatoms. The molecule has 1 saturated heterocycles. The SMILES string of the molecule is O=C(CCN1C(=O)[C@H]2CC=CC[C@H]2C1=O)Nc1cccc2c1CCCC2.